The first-order valence-corrected chi connectivity index (χ1v) is 7.26. The Kier molecular flexibility index (Phi) is 4.28. The van der Waals surface area contributed by atoms with Crippen molar-refractivity contribution < 1.29 is 0 Å². The third-order valence-corrected chi connectivity index (χ3v) is 3.53. The number of hydrogen-bond acceptors (Lipinski definition) is 0. The zero-order valence-corrected chi connectivity index (χ0v) is 11.9. The summed E-state index contributed by atoms with van der Waals surface area (Å²) in [4.78, 5) is 0. The molecule has 102 valence electrons. The lowest BCUT2D eigenvalue weighted by atomic mass is 9.92. The van der Waals surface area contributed by atoms with Gasteiger partial charge in [-0.15, -0.1) is 0 Å². The largest absolute Gasteiger partial charge is 0.0732 e. The van der Waals surface area contributed by atoms with E-state index in [2.05, 4.69) is 91.1 Å². The second kappa shape index (κ2) is 6.71. The molecule has 0 aliphatic heterocycles. The molecule has 0 bridgehead atoms. The van der Waals surface area contributed by atoms with E-state index in [0.29, 0.717) is 5.92 Å². The molecule has 0 amide bonds. The van der Waals surface area contributed by atoms with E-state index >= 15 is 0 Å². The summed E-state index contributed by atoms with van der Waals surface area (Å²) >= 11 is 0. The minimum atomic E-state index is 0.329. The van der Waals surface area contributed by atoms with Crippen LogP contribution in [-0.2, 0) is 0 Å². The highest BCUT2D eigenvalue weighted by Gasteiger charge is 2.07. The van der Waals surface area contributed by atoms with Crippen LogP contribution in [0.2, 0.25) is 0 Å². The van der Waals surface area contributed by atoms with Gasteiger partial charge in [-0.2, -0.15) is 0 Å². The third kappa shape index (κ3) is 3.70. The van der Waals surface area contributed by atoms with Gasteiger partial charge in [-0.3, -0.25) is 0 Å². The Morgan fingerprint density at radius 2 is 1.38 bits per heavy atom. The Bertz CT molecular complexity index is 685. The number of benzene rings is 2. The molecule has 0 fully saturated rings. The molecule has 1 unspecified atom stereocenters. The Labute approximate surface area is 126 Å². The summed E-state index contributed by atoms with van der Waals surface area (Å²) in [5, 5.41) is 0. The summed E-state index contributed by atoms with van der Waals surface area (Å²) in [5.41, 5.74) is 3.79. The van der Waals surface area contributed by atoms with E-state index in [1.807, 2.05) is 12.1 Å². The van der Waals surface area contributed by atoms with Crippen LogP contribution in [0.4, 0.5) is 0 Å². The lowest BCUT2D eigenvalue weighted by Gasteiger charge is -2.13. The van der Waals surface area contributed by atoms with Gasteiger partial charge in [0, 0.05) is 5.92 Å². The van der Waals surface area contributed by atoms with Crippen molar-refractivity contribution in [1.82, 2.24) is 0 Å². The van der Waals surface area contributed by atoms with Crippen molar-refractivity contribution in [2.45, 2.75) is 0 Å². The van der Waals surface area contributed by atoms with Gasteiger partial charge in [0.05, 0.1) is 0 Å². The zero-order valence-electron chi connectivity index (χ0n) is 11.9. The summed E-state index contributed by atoms with van der Waals surface area (Å²) in [7, 11) is 0. The van der Waals surface area contributed by atoms with Gasteiger partial charge < -0.3 is 0 Å². The minimum Gasteiger partial charge on any atom is -0.0732 e. The third-order valence-electron chi connectivity index (χ3n) is 3.53. The van der Waals surface area contributed by atoms with E-state index in [9.17, 15) is 0 Å². The molecular formula is C21H18. The molecule has 0 nitrogen and oxygen atoms in total. The molecule has 0 radical (unpaired) electrons. The molecule has 0 N–H and O–H groups in total. The van der Waals surface area contributed by atoms with Crippen molar-refractivity contribution >= 4 is 12.2 Å². The molecule has 0 saturated heterocycles. The fourth-order valence-corrected chi connectivity index (χ4v) is 2.41. The summed E-state index contributed by atoms with van der Waals surface area (Å²) < 4.78 is 0. The predicted molar refractivity (Wildman–Crippen MR) is 91.7 cm³/mol. The smallest absolute Gasteiger partial charge is 0.0205 e. The fraction of sp³-hybridized carbons (Fsp3) is 0.0476. The van der Waals surface area contributed by atoms with Gasteiger partial charge in [0.15, 0.2) is 0 Å². The second-order valence-corrected chi connectivity index (χ2v) is 5.09. The zero-order chi connectivity index (χ0) is 14.3. The Morgan fingerprint density at radius 3 is 2.10 bits per heavy atom. The molecule has 1 aliphatic carbocycles. The van der Waals surface area contributed by atoms with E-state index in [1.54, 1.807) is 0 Å². The quantitative estimate of drug-likeness (QED) is 0.688. The average Bonchev–Trinajstić information content (AvgIpc) is 2.56. The molecule has 0 saturated carbocycles. The molecule has 1 atom stereocenters. The average molecular weight is 270 g/mol. The Hall–Kier alpha value is -2.60. The molecule has 0 heterocycles. The van der Waals surface area contributed by atoms with E-state index in [1.165, 1.54) is 16.7 Å². The molecule has 2 aromatic rings. The first-order chi connectivity index (χ1) is 10.4. The topological polar surface area (TPSA) is 0 Å². The normalized spacial score (nSPS) is 19.4. The standard InChI is InChI=1S/C21H18/c1-3-9-18(10-4-1)15-16-20-13-7-8-14-21(20)17-19-11-5-2-6-12-19/h1-17,20H. The van der Waals surface area contributed by atoms with Crippen molar-refractivity contribution in [2.75, 3.05) is 0 Å². The molecule has 0 spiro atoms. The van der Waals surface area contributed by atoms with Crippen LogP contribution < -0.4 is 0 Å². The van der Waals surface area contributed by atoms with Gasteiger partial charge in [-0.05, 0) is 16.7 Å². The first kappa shape index (κ1) is 13.4. The summed E-state index contributed by atoms with van der Waals surface area (Å²) in [6, 6.07) is 20.9. The molecule has 3 rings (SSSR count). The van der Waals surface area contributed by atoms with Crippen molar-refractivity contribution in [2.24, 2.45) is 5.92 Å². The maximum atomic E-state index is 2.25. The van der Waals surface area contributed by atoms with Crippen LogP contribution >= 0.6 is 0 Å². The van der Waals surface area contributed by atoms with Gasteiger partial charge in [0.1, 0.15) is 0 Å². The number of rotatable bonds is 3. The highest BCUT2D eigenvalue weighted by atomic mass is 14.1. The van der Waals surface area contributed by atoms with Crippen LogP contribution in [0, 0.1) is 5.92 Å². The first-order valence-electron chi connectivity index (χ1n) is 7.26. The van der Waals surface area contributed by atoms with Crippen molar-refractivity contribution in [3.8, 4) is 0 Å². The van der Waals surface area contributed by atoms with Gasteiger partial charge >= 0.3 is 0 Å². The van der Waals surface area contributed by atoms with E-state index < -0.39 is 0 Å². The van der Waals surface area contributed by atoms with Crippen LogP contribution in [0.1, 0.15) is 11.1 Å². The van der Waals surface area contributed by atoms with Gasteiger partial charge in [-0.1, -0.05) is 103 Å². The molecule has 0 heteroatoms. The van der Waals surface area contributed by atoms with Crippen LogP contribution in [-0.4, -0.2) is 0 Å². The predicted octanol–water partition coefficient (Wildman–Crippen LogP) is 5.53. The van der Waals surface area contributed by atoms with Crippen molar-refractivity contribution in [1.29, 1.82) is 0 Å². The monoisotopic (exact) mass is 270 g/mol. The van der Waals surface area contributed by atoms with Crippen molar-refractivity contribution in [3.63, 3.8) is 0 Å². The SMILES string of the molecule is C1=CC(=Cc2ccccc2)C(C=Cc2ccccc2)C=C1. The Morgan fingerprint density at radius 1 is 0.714 bits per heavy atom. The molecular weight excluding hydrogens is 252 g/mol. The van der Waals surface area contributed by atoms with Gasteiger partial charge in [0.25, 0.3) is 0 Å². The highest BCUT2D eigenvalue weighted by Crippen LogP contribution is 2.23. The minimum absolute atomic E-state index is 0.329. The van der Waals surface area contributed by atoms with Crippen LogP contribution in [0.5, 0.6) is 0 Å². The fourth-order valence-electron chi connectivity index (χ4n) is 2.41. The van der Waals surface area contributed by atoms with Crippen LogP contribution in [0.3, 0.4) is 0 Å². The second-order valence-electron chi connectivity index (χ2n) is 5.09. The number of allylic oxidation sites excluding steroid dienone is 6. The van der Waals surface area contributed by atoms with Gasteiger partial charge in [-0.25, -0.2) is 0 Å². The summed E-state index contributed by atoms with van der Waals surface area (Å²) in [6.07, 6.45) is 15.3. The molecule has 1 aliphatic rings. The van der Waals surface area contributed by atoms with E-state index in [4.69, 9.17) is 0 Å². The van der Waals surface area contributed by atoms with Gasteiger partial charge in [0.2, 0.25) is 0 Å². The summed E-state index contributed by atoms with van der Waals surface area (Å²) in [6.45, 7) is 0. The van der Waals surface area contributed by atoms with Crippen molar-refractivity contribution in [3.05, 3.63) is 108 Å². The lowest BCUT2D eigenvalue weighted by molar-refractivity contribution is 1.01. The van der Waals surface area contributed by atoms with Crippen LogP contribution in [0.25, 0.3) is 12.2 Å². The highest BCUT2D eigenvalue weighted by molar-refractivity contribution is 5.61. The van der Waals surface area contributed by atoms with E-state index in [0.717, 1.165) is 0 Å². The maximum Gasteiger partial charge on any atom is 0.0205 e. The lowest BCUT2D eigenvalue weighted by Crippen LogP contribution is -1.98. The Balaban J connectivity index is 1.83. The van der Waals surface area contributed by atoms with E-state index in [-0.39, 0.29) is 0 Å². The molecule has 21 heavy (non-hydrogen) atoms. The molecule has 0 aromatic heterocycles. The number of hydrogen-bond donors (Lipinski definition) is 0. The summed E-state index contributed by atoms with van der Waals surface area (Å²) in [5.74, 6) is 0.329. The molecule has 2 aromatic carbocycles. The maximum absolute atomic E-state index is 2.25. The van der Waals surface area contributed by atoms with Crippen LogP contribution in [0.15, 0.2) is 96.6 Å².